The molecule has 2 saturated heterocycles. The predicted molar refractivity (Wildman–Crippen MR) is 144 cm³/mol. The standard InChI is InChI=1S/C26H34N6O10/c1-40-23(36)28-22(29-24(37)42-16-17-8-4-3-5-9-17)27-11-6-10-18-19(21(34)35)32(20(18)33)25(38)30-12-7-13-31(15-14-30)26(39)41-2/h3-5,8-9,18-19H,6-7,10-16H2,1-2H3,(H,34,35)(H2,27,28,29,36,37)/t18-,19+/m1/s1. The molecule has 2 aliphatic rings. The number of hydrogen-bond acceptors (Lipinski definition) is 10. The highest BCUT2D eigenvalue weighted by molar-refractivity contribution is 6.07. The second-order valence-electron chi connectivity index (χ2n) is 9.35. The van der Waals surface area contributed by atoms with Crippen LogP contribution in [0.1, 0.15) is 24.8 Å². The van der Waals surface area contributed by atoms with Crippen molar-refractivity contribution in [3.8, 4) is 0 Å². The van der Waals surface area contributed by atoms with Gasteiger partial charge in [0.2, 0.25) is 11.9 Å². The number of carbonyl (C=O) groups excluding carboxylic acids is 5. The lowest BCUT2D eigenvalue weighted by atomic mass is 9.84. The number of carboxylic acid groups (broad SMARTS) is 1. The predicted octanol–water partition coefficient (Wildman–Crippen LogP) is 1.21. The number of amides is 6. The Labute approximate surface area is 241 Å². The third-order valence-electron chi connectivity index (χ3n) is 6.65. The number of β-lactam (4-membered cyclic amide) rings is 1. The molecule has 0 aromatic heterocycles. The lowest BCUT2D eigenvalue weighted by Crippen LogP contribution is -2.68. The highest BCUT2D eigenvalue weighted by Crippen LogP contribution is 2.32. The van der Waals surface area contributed by atoms with E-state index in [0.29, 0.717) is 13.0 Å². The monoisotopic (exact) mass is 590 g/mol. The van der Waals surface area contributed by atoms with Crippen molar-refractivity contribution in [2.45, 2.75) is 31.9 Å². The Morgan fingerprint density at radius 2 is 1.62 bits per heavy atom. The van der Waals surface area contributed by atoms with Gasteiger partial charge in [0.15, 0.2) is 6.04 Å². The maximum atomic E-state index is 13.1. The minimum Gasteiger partial charge on any atom is -0.480 e. The second-order valence-corrected chi connectivity index (χ2v) is 9.35. The lowest BCUT2D eigenvalue weighted by molar-refractivity contribution is -0.166. The molecule has 2 fully saturated rings. The topological polar surface area (TPSA) is 196 Å². The highest BCUT2D eigenvalue weighted by Gasteiger charge is 2.55. The van der Waals surface area contributed by atoms with Crippen molar-refractivity contribution in [2.75, 3.05) is 46.9 Å². The van der Waals surface area contributed by atoms with Crippen molar-refractivity contribution >= 4 is 42.1 Å². The van der Waals surface area contributed by atoms with Crippen LogP contribution in [0.25, 0.3) is 0 Å². The molecule has 0 radical (unpaired) electrons. The number of urea groups is 1. The van der Waals surface area contributed by atoms with Gasteiger partial charge in [-0.1, -0.05) is 30.3 Å². The number of carboxylic acids is 1. The normalized spacial score (nSPS) is 18.8. The summed E-state index contributed by atoms with van der Waals surface area (Å²) in [5.41, 5.74) is 0.747. The Morgan fingerprint density at radius 3 is 2.29 bits per heavy atom. The molecule has 16 heteroatoms. The van der Waals surface area contributed by atoms with Crippen molar-refractivity contribution in [2.24, 2.45) is 10.9 Å². The van der Waals surface area contributed by atoms with Crippen LogP contribution in [0.15, 0.2) is 35.3 Å². The maximum absolute atomic E-state index is 13.1. The molecule has 3 rings (SSSR count). The van der Waals surface area contributed by atoms with E-state index in [0.717, 1.165) is 17.6 Å². The van der Waals surface area contributed by atoms with E-state index in [1.54, 1.807) is 24.3 Å². The first-order valence-corrected chi connectivity index (χ1v) is 13.2. The molecule has 0 unspecified atom stereocenters. The Balaban J connectivity index is 1.54. The quantitative estimate of drug-likeness (QED) is 0.136. The van der Waals surface area contributed by atoms with E-state index >= 15 is 0 Å². The van der Waals surface area contributed by atoms with E-state index < -0.39 is 48.1 Å². The van der Waals surface area contributed by atoms with Crippen LogP contribution in [0.2, 0.25) is 0 Å². The number of nitrogens with zero attached hydrogens (tertiary/aromatic N) is 4. The van der Waals surface area contributed by atoms with E-state index in [2.05, 4.69) is 20.4 Å². The molecule has 1 aromatic rings. The van der Waals surface area contributed by atoms with E-state index in [9.17, 15) is 33.9 Å². The van der Waals surface area contributed by atoms with Crippen molar-refractivity contribution in [3.63, 3.8) is 0 Å². The fourth-order valence-electron chi connectivity index (χ4n) is 4.51. The number of methoxy groups -OCH3 is 2. The molecule has 16 nitrogen and oxygen atoms in total. The number of rotatable bonds is 7. The zero-order chi connectivity index (χ0) is 30.6. The molecule has 228 valence electrons. The zero-order valence-corrected chi connectivity index (χ0v) is 23.3. The summed E-state index contributed by atoms with van der Waals surface area (Å²) >= 11 is 0. The van der Waals surface area contributed by atoms with Gasteiger partial charge in [-0.05, 0) is 24.8 Å². The number of carbonyl (C=O) groups is 6. The molecule has 3 N–H and O–H groups in total. The summed E-state index contributed by atoms with van der Waals surface area (Å²) in [5, 5.41) is 14.3. The van der Waals surface area contributed by atoms with E-state index in [1.165, 1.54) is 16.9 Å². The van der Waals surface area contributed by atoms with Gasteiger partial charge in [-0.25, -0.2) is 28.9 Å². The van der Waals surface area contributed by atoms with Crippen LogP contribution in [0, 0.1) is 5.92 Å². The van der Waals surface area contributed by atoms with E-state index in [1.807, 2.05) is 6.07 Å². The summed E-state index contributed by atoms with van der Waals surface area (Å²) in [5.74, 6) is -3.16. The van der Waals surface area contributed by atoms with Gasteiger partial charge in [0.05, 0.1) is 20.1 Å². The zero-order valence-electron chi connectivity index (χ0n) is 23.3. The van der Waals surface area contributed by atoms with Gasteiger partial charge in [0, 0.05) is 32.7 Å². The molecule has 1 aromatic carbocycles. The number of likely N-dealkylation sites (tertiary alicyclic amines) is 1. The van der Waals surface area contributed by atoms with Gasteiger partial charge in [0.1, 0.15) is 6.61 Å². The molecular formula is C26H34N6O10. The first-order chi connectivity index (χ1) is 20.2. The van der Waals surface area contributed by atoms with Crippen molar-refractivity contribution < 1.29 is 48.1 Å². The average Bonchev–Trinajstić information content (AvgIpc) is 3.24. The summed E-state index contributed by atoms with van der Waals surface area (Å²) in [6.45, 7) is 0.906. The van der Waals surface area contributed by atoms with Crippen molar-refractivity contribution in [3.05, 3.63) is 35.9 Å². The summed E-state index contributed by atoms with van der Waals surface area (Å²) < 4.78 is 14.4. The van der Waals surface area contributed by atoms with Crippen LogP contribution >= 0.6 is 0 Å². The van der Waals surface area contributed by atoms with E-state index in [-0.39, 0.29) is 51.6 Å². The Bertz CT molecular complexity index is 1190. The molecule has 42 heavy (non-hydrogen) atoms. The number of ether oxygens (including phenoxy) is 3. The summed E-state index contributed by atoms with van der Waals surface area (Å²) in [6, 6.07) is 6.84. The van der Waals surface area contributed by atoms with Crippen molar-refractivity contribution in [1.82, 2.24) is 25.3 Å². The van der Waals surface area contributed by atoms with Gasteiger partial charge in [-0.15, -0.1) is 0 Å². The largest absolute Gasteiger partial charge is 0.480 e. The van der Waals surface area contributed by atoms with Crippen LogP contribution < -0.4 is 10.6 Å². The molecule has 6 amide bonds. The van der Waals surface area contributed by atoms with Gasteiger partial charge in [-0.3, -0.25) is 20.4 Å². The number of hydrogen-bond donors (Lipinski definition) is 3. The number of aliphatic carboxylic acids is 1. The summed E-state index contributed by atoms with van der Waals surface area (Å²) in [6.07, 6.45) is -1.57. The molecule has 0 bridgehead atoms. The highest BCUT2D eigenvalue weighted by atomic mass is 16.6. The minimum atomic E-state index is -1.35. The minimum absolute atomic E-state index is 0.00214. The Kier molecular flexibility index (Phi) is 11.5. The molecule has 0 aliphatic carbocycles. The fourth-order valence-corrected chi connectivity index (χ4v) is 4.51. The first kappa shape index (κ1) is 31.6. The van der Waals surface area contributed by atoms with Gasteiger partial charge in [0.25, 0.3) is 0 Å². The number of guanidine groups is 1. The summed E-state index contributed by atoms with van der Waals surface area (Å²) in [4.78, 5) is 81.2. The SMILES string of the molecule is COC(=O)NC(=NCCC[C@H]1C(=O)N(C(=O)N2CCCN(C(=O)OC)CC2)[C@@H]1C(=O)O)NC(=O)OCc1ccccc1. The molecule has 0 saturated carbocycles. The number of imide groups is 1. The number of nitrogens with one attached hydrogen (secondary N) is 2. The number of benzene rings is 1. The second kappa shape index (κ2) is 15.2. The van der Waals surface area contributed by atoms with Gasteiger partial charge < -0.3 is 29.1 Å². The molecule has 2 aliphatic heterocycles. The first-order valence-electron chi connectivity index (χ1n) is 13.2. The number of aliphatic imine (C=N–C) groups is 1. The Hall–Kier alpha value is -4.89. The third kappa shape index (κ3) is 8.31. The van der Waals surface area contributed by atoms with Crippen LogP contribution in [-0.4, -0.2) is 115 Å². The van der Waals surface area contributed by atoms with Crippen LogP contribution in [-0.2, 0) is 30.4 Å². The van der Waals surface area contributed by atoms with Crippen LogP contribution in [0.3, 0.4) is 0 Å². The van der Waals surface area contributed by atoms with Crippen LogP contribution in [0.4, 0.5) is 19.2 Å². The molecular weight excluding hydrogens is 556 g/mol. The smallest absolute Gasteiger partial charge is 0.414 e. The van der Waals surface area contributed by atoms with Gasteiger partial charge in [-0.2, -0.15) is 0 Å². The maximum Gasteiger partial charge on any atom is 0.414 e. The number of alkyl carbamates (subject to hydrolysis) is 2. The molecule has 2 atom stereocenters. The molecule has 0 spiro atoms. The fraction of sp³-hybridized carbons (Fsp3) is 0.500. The average molecular weight is 591 g/mol. The Morgan fingerprint density at radius 1 is 0.952 bits per heavy atom. The molecule has 2 heterocycles. The van der Waals surface area contributed by atoms with Crippen LogP contribution in [0.5, 0.6) is 0 Å². The van der Waals surface area contributed by atoms with Crippen molar-refractivity contribution in [1.29, 1.82) is 0 Å². The van der Waals surface area contributed by atoms with E-state index in [4.69, 9.17) is 9.47 Å². The lowest BCUT2D eigenvalue weighted by Gasteiger charge is -2.44. The summed E-state index contributed by atoms with van der Waals surface area (Å²) in [7, 11) is 2.38. The van der Waals surface area contributed by atoms with Gasteiger partial charge >= 0.3 is 30.3 Å². The third-order valence-corrected chi connectivity index (χ3v) is 6.65.